The molecule has 2 bridgehead atoms. The average molecular weight is 385 g/mol. The minimum Gasteiger partial charge on any atom is -0.352 e. The van der Waals surface area contributed by atoms with Crippen molar-refractivity contribution in [1.82, 2.24) is 20.5 Å². The number of nitrogens with zero attached hydrogens (tertiary/aromatic N) is 3. The Hall–Kier alpha value is -2.32. The summed E-state index contributed by atoms with van der Waals surface area (Å²) < 4.78 is 15.7. The minimum atomic E-state index is -0.899. The van der Waals surface area contributed by atoms with E-state index in [1.165, 1.54) is 11.3 Å². The van der Waals surface area contributed by atoms with Crippen LogP contribution in [0.1, 0.15) is 19.3 Å². The zero-order chi connectivity index (χ0) is 18.5. The van der Waals surface area contributed by atoms with Crippen molar-refractivity contribution in [3.63, 3.8) is 0 Å². The first-order valence-electron chi connectivity index (χ1n) is 9.18. The van der Waals surface area contributed by atoms with Crippen molar-refractivity contribution in [2.45, 2.75) is 43.6 Å². The molecule has 27 heavy (non-hydrogen) atoms. The van der Waals surface area contributed by atoms with Crippen LogP contribution in [0.3, 0.4) is 0 Å². The molecule has 4 atom stereocenters. The van der Waals surface area contributed by atoms with Crippen molar-refractivity contribution in [2.24, 2.45) is 0 Å². The maximum atomic E-state index is 14.8. The van der Waals surface area contributed by atoms with E-state index in [2.05, 4.69) is 20.5 Å². The van der Waals surface area contributed by atoms with Crippen LogP contribution in [0.25, 0.3) is 20.7 Å². The topological polar surface area (TPSA) is 73.9 Å². The second-order valence-electron chi connectivity index (χ2n) is 7.38. The zero-order valence-electron chi connectivity index (χ0n) is 14.9. The number of H-pyrrole nitrogens is 1. The highest BCUT2D eigenvalue weighted by atomic mass is 32.1. The Bertz CT molecular complexity index is 1030. The summed E-state index contributed by atoms with van der Waals surface area (Å²) in [7, 11) is 1.89. The lowest BCUT2D eigenvalue weighted by Crippen LogP contribution is -2.55. The van der Waals surface area contributed by atoms with E-state index >= 15 is 0 Å². The van der Waals surface area contributed by atoms with Gasteiger partial charge in [0.2, 0.25) is 0 Å². The number of anilines is 1. The van der Waals surface area contributed by atoms with Crippen LogP contribution in [0.5, 0.6) is 0 Å². The van der Waals surface area contributed by atoms with E-state index in [-0.39, 0.29) is 17.6 Å². The van der Waals surface area contributed by atoms with Gasteiger partial charge < -0.3 is 15.2 Å². The zero-order valence-corrected chi connectivity index (χ0v) is 15.7. The maximum Gasteiger partial charge on any atom is 0.256 e. The van der Waals surface area contributed by atoms with Gasteiger partial charge in [-0.1, -0.05) is 0 Å². The summed E-state index contributed by atoms with van der Waals surface area (Å²) >= 11 is 1.51. The van der Waals surface area contributed by atoms with Crippen LogP contribution in [0.4, 0.5) is 10.2 Å². The van der Waals surface area contributed by atoms with Crippen molar-refractivity contribution in [1.29, 1.82) is 0 Å². The molecule has 5 rings (SSSR count). The smallest absolute Gasteiger partial charge is 0.256 e. The number of piperidine rings is 1. The number of halogens is 1. The highest BCUT2D eigenvalue weighted by molar-refractivity contribution is 7.22. The lowest BCUT2D eigenvalue weighted by Gasteiger charge is -2.38. The van der Waals surface area contributed by atoms with Gasteiger partial charge in [0.15, 0.2) is 5.82 Å². The van der Waals surface area contributed by atoms with Crippen molar-refractivity contribution in [3.8, 4) is 10.6 Å². The van der Waals surface area contributed by atoms with E-state index in [0.29, 0.717) is 17.2 Å². The lowest BCUT2D eigenvalue weighted by atomic mass is 9.96. The third-order valence-electron chi connectivity index (χ3n) is 5.77. The Labute approximate surface area is 159 Å². The Morgan fingerprint density at radius 2 is 2.15 bits per heavy atom. The number of hydrogen-bond donors (Lipinski definition) is 2. The minimum absolute atomic E-state index is 0.0416. The van der Waals surface area contributed by atoms with Gasteiger partial charge in [0.05, 0.1) is 16.3 Å². The van der Waals surface area contributed by atoms with Crippen molar-refractivity contribution in [2.75, 3.05) is 11.9 Å². The van der Waals surface area contributed by atoms with Gasteiger partial charge in [0.25, 0.3) is 5.56 Å². The molecule has 0 spiro atoms. The Balaban J connectivity index is 1.41. The Kier molecular flexibility index (Phi) is 3.98. The quantitative estimate of drug-likeness (QED) is 0.725. The van der Waals surface area contributed by atoms with Crippen molar-refractivity contribution >= 4 is 27.2 Å². The third kappa shape index (κ3) is 2.83. The number of rotatable bonds is 3. The molecule has 2 aliphatic heterocycles. The predicted molar refractivity (Wildman–Crippen MR) is 105 cm³/mol. The number of nitrogens with one attached hydrogen (secondary N) is 2. The number of aromatic amines is 1. The van der Waals surface area contributed by atoms with Crippen LogP contribution < -0.4 is 15.8 Å². The van der Waals surface area contributed by atoms with Gasteiger partial charge in [-0.05, 0) is 43.5 Å². The van der Waals surface area contributed by atoms with Crippen LogP contribution in [0, 0.1) is 0 Å². The lowest BCUT2D eigenvalue weighted by molar-refractivity contribution is 0.176. The summed E-state index contributed by atoms with van der Waals surface area (Å²) in [6, 6.07) is 7.68. The molecular weight excluding hydrogens is 365 g/mol. The first-order chi connectivity index (χ1) is 13.1. The molecule has 3 aromatic rings. The predicted octanol–water partition coefficient (Wildman–Crippen LogP) is 2.71. The monoisotopic (exact) mass is 385 g/mol. The summed E-state index contributed by atoms with van der Waals surface area (Å²) in [4.78, 5) is 17.4. The van der Waals surface area contributed by atoms with Crippen LogP contribution in [-0.2, 0) is 0 Å². The highest BCUT2D eigenvalue weighted by Gasteiger charge is 2.43. The van der Waals surface area contributed by atoms with E-state index in [1.807, 2.05) is 36.2 Å². The van der Waals surface area contributed by atoms with Crippen molar-refractivity contribution in [3.05, 3.63) is 40.8 Å². The second kappa shape index (κ2) is 6.38. The van der Waals surface area contributed by atoms with Gasteiger partial charge in [-0.25, -0.2) is 4.39 Å². The fourth-order valence-electron chi connectivity index (χ4n) is 4.27. The normalized spacial score (nSPS) is 27.2. The first-order valence-corrected chi connectivity index (χ1v) is 10.00. The van der Waals surface area contributed by atoms with Gasteiger partial charge in [-0.2, -0.15) is 0 Å². The number of alkyl halides is 1. The molecule has 3 aromatic heterocycles. The molecule has 0 aromatic carbocycles. The molecule has 140 valence electrons. The number of thiophene rings is 1. The van der Waals surface area contributed by atoms with E-state index in [4.69, 9.17) is 0 Å². The molecule has 5 heterocycles. The number of fused-ring (bicyclic) bond motifs is 3. The summed E-state index contributed by atoms with van der Waals surface area (Å²) in [5, 5.41) is 12.7. The van der Waals surface area contributed by atoms with E-state index in [0.717, 1.165) is 34.5 Å². The molecule has 2 fully saturated rings. The number of aromatic nitrogens is 3. The van der Waals surface area contributed by atoms with Gasteiger partial charge in [0.1, 0.15) is 11.9 Å². The van der Waals surface area contributed by atoms with Crippen molar-refractivity contribution < 1.29 is 4.39 Å². The molecule has 0 amide bonds. The molecule has 2 unspecified atom stereocenters. The Morgan fingerprint density at radius 1 is 1.26 bits per heavy atom. The number of hydrogen-bond acceptors (Lipinski definition) is 6. The van der Waals surface area contributed by atoms with E-state index in [9.17, 15) is 9.18 Å². The summed E-state index contributed by atoms with van der Waals surface area (Å²) in [5.74, 6) is 0.673. The molecule has 0 aliphatic carbocycles. The van der Waals surface area contributed by atoms with Crippen LogP contribution in [0.15, 0.2) is 35.3 Å². The molecule has 8 heteroatoms. The van der Waals surface area contributed by atoms with Crippen LogP contribution >= 0.6 is 11.3 Å². The Morgan fingerprint density at radius 3 is 2.93 bits per heavy atom. The molecule has 6 nitrogen and oxygen atoms in total. The SMILES string of the molecule is CN(c1ccc(-c2cc3c(=O)[nH]ccc3s2)nn1)[C@@H]1CC2CCC(N2)[C@@H]1F. The van der Waals surface area contributed by atoms with E-state index in [1.54, 1.807) is 6.20 Å². The van der Waals surface area contributed by atoms with Crippen LogP contribution in [0.2, 0.25) is 0 Å². The highest BCUT2D eigenvalue weighted by Crippen LogP contribution is 2.34. The molecule has 0 radical (unpaired) electrons. The first kappa shape index (κ1) is 16.8. The molecular formula is C19H20FN5OS. The van der Waals surface area contributed by atoms with Gasteiger partial charge in [-0.3, -0.25) is 4.79 Å². The average Bonchev–Trinajstić information content (AvgIpc) is 3.30. The van der Waals surface area contributed by atoms with Gasteiger partial charge in [0, 0.05) is 30.0 Å². The van der Waals surface area contributed by atoms with Gasteiger partial charge >= 0.3 is 0 Å². The molecule has 2 aliphatic rings. The molecule has 2 saturated heterocycles. The number of pyridine rings is 1. The fourth-order valence-corrected chi connectivity index (χ4v) is 5.29. The summed E-state index contributed by atoms with van der Waals surface area (Å²) in [6.07, 6.45) is 3.49. The van der Waals surface area contributed by atoms with E-state index < -0.39 is 6.17 Å². The maximum absolute atomic E-state index is 14.8. The summed E-state index contributed by atoms with van der Waals surface area (Å²) in [5.41, 5.74) is 0.615. The molecule has 2 N–H and O–H groups in total. The largest absolute Gasteiger partial charge is 0.352 e. The summed E-state index contributed by atoms with van der Waals surface area (Å²) in [6.45, 7) is 0. The molecule has 0 saturated carbocycles. The van der Waals surface area contributed by atoms with Gasteiger partial charge in [-0.15, -0.1) is 21.5 Å². The fraction of sp³-hybridized carbons (Fsp3) is 0.421. The third-order valence-corrected chi connectivity index (χ3v) is 6.89. The second-order valence-corrected chi connectivity index (χ2v) is 8.46. The van der Waals surface area contributed by atoms with Crippen LogP contribution in [-0.4, -0.2) is 46.5 Å². The standard InChI is InChI=1S/C19H20FN5OS/c1-25(14-8-10-2-3-13(22-10)18(14)20)17-5-4-12(23-24-17)16-9-11-15(27-16)6-7-21-19(11)26/h4-7,9-10,13-14,18,22H,2-3,8H2,1H3,(H,21,26)/t10?,13?,14-,18+/m1/s1.